The Bertz CT molecular complexity index is 611. The predicted octanol–water partition coefficient (Wildman–Crippen LogP) is 3.14. The molecule has 21 heavy (non-hydrogen) atoms. The van der Waals surface area contributed by atoms with Crippen LogP contribution >= 0.6 is 11.6 Å². The summed E-state index contributed by atoms with van der Waals surface area (Å²) in [4.78, 5) is 6.99. The van der Waals surface area contributed by atoms with Crippen LogP contribution in [0.5, 0.6) is 0 Å². The molecule has 118 valence electrons. The zero-order valence-corrected chi connectivity index (χ0v) is 14.6. The summed E-state index contributed by atoms with van der Waals surface area (Å²) in [6, 6.07) is 0.297. The molecule has 0 saturated heterocycles. The van der Waals surface area contributed by atoms with Crippen molar-refractivity contribution in [2.45, 2.75) is 45.0 Å². The molecule has 0 aromatic carbocycles. The normalized spacial score (nSPS) is 15.0. The number of aromatic nitrogens is 4. The molecule has 2 heterocycles. The van der Waals surface area contributed by atoms with Gasteiger partial charge >= 0.3 is 0 Å². The van der Waals surface area contributed by atoms with Crippen molar-refractivity contribution >= 4 is 22.8 Å². The monoisotopic (exact) mass is 311 g/mol. The van der Waals surface area contributed by atoms with Gasteiger partial charge in [0.1, 0.15) is 11.3 Å². The molecule has 0 fully saturated rings. The Morgan fingerprint density at radius 1 is 1.29 bits per heavy atom. The van der Waals surface area contributed by atoms with Gasteiger partial charge in [0.2, 0.25) is 0 Å². The van der Waals surface area contributed by atoms with E-state index in [0.717, 1.165) is 42.1 Å². The van der Waals surface area contributed by atoms with Gasteiger partial charge in [-0.05, 0) is 34.4 Å². The average Bonchev–Trinajstić information content (AvgIpc) is 2.88. The van der Waals surface area contributed by atoms with Gasteiger partial charge in [-0.3, -0.25) is 4.68 Å². The first-order valence-electron chi connectivity index (χ1n) is 7.59. The van der Waals surface area contributed by atoms with E-state index in [-0.39, 0.29) is 5.38 Å². The van der Waals surface area contributed by atoms with E-state index in [4.69, 9.17) is 16.6 Å². The number of alkyl halides is 1. The molecule has 2 aromatic rings. The van der Waals surface area contributed by atoms with Crippen molar-refractivity contribution in [1.82, 2.24) is 24.2 Å². The van der Waals surface area contributed by atoms with Crippen molar-refractivity contribution in [3.05, 3.63) is 11.5 Å². The lowest BCUT2D eigenvalue weighted by Gasteiger charge is -2.22. The summed E-state index contributed by atoms with van der Waals surface area (Å²) in [7, 11) is 6.16. The van der Waals surface area contributed by atoms with Gasteiger partial charge in [0.25, 0.3) is 0 Å². The van der Waals surface area contributed by atoms with Gasteiger partial charge < -0.3 is 9.47 Å². The van der Waals surface area contributed by atoms with Crippen molar-refractivity contribution in [3.63, 3.8) is 0 Å². The van der Waals surface area contributed by atoms with Crippen LogP contribution in [0.15, 0.2) is 0 Å². The molecule has 5 nitrogen and oxygen atoms in total. The molecule has 0 N–H and O–H groups in total. The smallest absolute Gasteiger partial charge is 0.159 e. The van der Waals surface area contributed by atoms with Gasteiger partial charge in [0.15, 0.2) is 5.65 Å². The number of nitrogens with zero attached hydrogens (tertiary/aromatic N) is 5. The van der Waals surface area contributed by atoms with Crippen molar-refractivity contribution in [2.24, 2.45) is 7.05 Å². The Hall–Kier alpha value is -1.07. The van der Waals surface area contributed by atoms with Gasteiger partial charge in [-0.15, -0.1) is 11.6 Å². The highest BCUT2D eigenvalue weighted by Crippen LogP contribution is 2.30. The van der Waals surface area contributed by atoms with E-state index < -0.39 is 0 Å². The van der Waals surface area contributed by atoms with E-state index in [1.165, 1.54) is 0 Å². The lowest BCUT2D eigenvalue weighted by molar-refractivity contribution is 0.334. The maximum Gasteiger partial charge on any atom is 0.159 e. The van der Waals surface area contributed by atoms with Crippen LogP contribution < -0.4 is 0 Å². The van der Waals surface area contributed by atoms with Crippen LogP contribution in [0.25, 0.3) is 11.2 Å². The van der Waals surface area contributed by atoms with Crippen LogP contribution in [-0.4, -0.2) is 44.9 Å². The molecule has 0 aliphatic rings. The molecule has 0 amide bonds. The number of halogens is 1. The van der Waals surface area contributed by atoms with Crippen LogP contribution in [0.4, 0.5) is 0 Å². The third kappa shape index (κ3) is 3.09. The van der Waals surface area contributed by atoms with Crippen LogP contribution in [-0.2, 0) is 13.5 Å². The molecular weight excluding hydrogens is 286 g/mol. The van der Waals surface area contributed by atoms with E-state index in [0.29, 0.717) is 6.04 Å². The minimum Gasteiger partial charge on any atom is -0.308 e. The molecule has 0 radical (unpaired) electrons. The Morgan fingerprint density at radius 3 is 2.48 bits per heavy atom. The number of hydrogen-bond acceptors (Lipinski definition) is 3. The van der Waals surface area contributed by atoms with Crippen LogP contribution in [0.1, 0.15) is 50.1 Å². The highest BCUT2D eigenvalue weighted by atomic mass is 35.5. The van der Waals surface area contributed by atoms with Gasteiger partial charge in [-0.25, -0.2) is 4.98 Å². The topological polar surface area (TPSA) is 38.9 Å². The molecule has 0 aliphatic heterocycles. The third-order valence-electron chi connectivity index (χ3n) is 3.68. The fraction of sp³-hybridized carbons (Fsp3) is 0.733. The van der Waals surface area contributed by atoms with Gasteiger partial charge in [-0.2, -0.15) is 5.10 Å². The van der Waals surface area contributed by atoms with Gasteiger partial charge in [0.05, 0.1) is 11.1 Å². The Morgan fingerprint density at radius 2 is 1.95 bits per heavy atom. The minimum atomic E-state index is -0.114. The summed E-state index contributed by atoms with van der Waals surface area (Å²) in [6.07, 6.45) is 2.02. The molecule has 0 bridgehead atoms. The molecule has 0 saturated carbocycles. The number of aryl methyl sites for hydroxylation is 2. The largest absolute Gasteiger partial charge is 0.308 e. The standard InChI is InChI=1S/C15H26ClN5/c1-7-8-12-13-15(20(6)18-12)21(10(2)9-19(4)5)14(17-13)11(3)16/h10-11H,7-9H2,1-6H3. The van der Waals surface area contributed by atoms with E-state index in [2.05, 4.69) is 42.5 Å². The fourth-order valence-electron chi connectivity index (χ4n) is 2.95. The number of rotatable bonds is 6. The number of hydrogen-bond donors (Lipinski definition) is 0. The van der Waals surface area contributed by atoms with Crippen molar-refractivity contribution in [3.8, 4) is 0 Å². The van der Waals surface area contributed by atoms with Gasteiger partial charge in [-0.1, -0.05) is 13.3 Å². The van der Waals surface area contributed by atoms with Crippen molar-refractivity contribution < 1.29 is 0 Å². The van der Waals surface area contributed by atoms with E-state index in [9.17, 15) is 0 Å². The second-order valence-electron chi connectivity index (χ2n) is 6.06. The molecule has 2 aromatic heterocycles. The third-order valence-corrected chi connectivity index (χ3v) is 3.87. The van der Waals surface area contributed by atoms with Gasteiger partial charge in [0, 0.05) is 19.6 Å². The summed E-state index contributed by atoms with van der Waals surface area (Å²) >= 11 is 6.37. The second-order valence-corrected chi connectivity index (χ2v) is 6.71. The highest BCUT2D eigenvalue weighted by Gasteiger charge is 2.24. The lowest BCUT2D eigenvalue weighted by atomic mass is 10.2. The summed E-state index contributed by atoms with van der Waals surface area (Å²) in [5.74, 6) is 0.936. The first kappa shape index (κ1) is 16.3. The van der Waals surface area contributed by atoms with Crippen LogP contribution in [0.2, 0.25) is 0 Å². The zero-order chi connectivity index (χ0) is 15.7. The van der Waals surface area contributed by atoms with Crippen molar-refractivity contribution in [2.75, 3.05) is 20.6 Å². The Kier molecular flexibility index (Phi) is 4.94. The minimum absolute atomic E-state index is 0.114. The lowest BCUT2D eigenvalue weighted by Crippen LogP contribution is -2.24. The van der Waals surface area contributed by atoms with E-state index >= 15 is 0 Å². The van der Waals surface area contributed by atoms with Crippen LogP contribution in [0, 0.1) is 0 Å². The fourth-order valence-corrected chi connectivity index (χ4v) is 3.10. The first-order chi connectivity index (χ1) is 9.86. The predicted molar refractivity (Wildman–Crippen MR) is 88.0 cm³/mol. The second kappa shape index (κ2) is 6.36. The summed E-state index contributed by atoms with van der Waals surface area (Å²) in [5, 5.41) is 4.52. The van der Waals surface area contributed by atoms with Crippen LogP contribution in [0.3, 0.4) is 0 Å². The molecular formula is C15H26ClN5. The maximum atomic E-state index is 6.37. The Labute approximate surface area is 131 Å². The number of likely N-dealkylation sites (N-methyl/N-ethyl adjacent to an activating group) is 1. The van der Waals surface area contributed by atoms with E-state index in [1.807, 2.05) is 18.7 Å². The zero-order valence-electron chi connectivity index (χ0n) is 13.9. The molecule has 0 spiro atoms. The molecule has 0 aliphatic carbocycles. The summed E-state index contributed by atoms with van der Waals surface area (Å²) in [6.45, 7) is 7.29. The maximum absolute atomic E-state index is 6.37. The SMILES string of the molecule is CCCc1nn(C)c2c1nc(C(C)Cl)n2C(C)CN(C)C. The average molecular weight is 312 g/mol. The Balaban J connectivity index is 2.62. The number of imidazole rings is 1. The summed E-state index contributed by atoms with van der Waals surface area (Å²) in [5.41, 5.74) is 3.16. The molecule has 2 rings (SSSR count). The first-order valence-corrected chi connectivity index (χ1v) is 8.02. The summed E-state index contributed by atoms with van der Waals surface area (Å²) < 4.78 is 4.20. The molecule has 2 unspecified atom stereocenters. The highest BCUT2D eigenvalue weighted by molar-refractivity contribution is 6.20. The molecule has 2 atom stereocenters. The molecule has 6 heteroatoms. The van der Waals surface area contributed by atoms with E-state index in [1.54, 1.807) is 0 Å². The number of fused-ring (bicyclic) bond motifs is 1. The van der Waals surface area contributed by atoms with Crippen molar-refractivity contribution in [1.29, 1.82) is 0 Å². The quantitative estimate of drug-likeness (QED) is 0.769.